The summed E-state index contributed by atoms with van der Waals surface area (Å²) in [7, 11) is 0. The average molecular weight is 681 g/mol. The second-order valence-corrected chi connectivity index (χ2v) is 14.2. The van der Waals surface area contributed by atoms with E-state index in [0.717, 1.165) is 64.9 Å². The predicted octanol–water partition coefficient (Wildman–Crippen LogP) is 12.3. The number of aromatic hydroxyl groups is 2. The summed E-state index contributed by atoms with van der Waals surface area (Å²) in [5.41, 5.74) is 8.97. The van der Waals surface area contributed by atoms with Gasteiger partial charge in [0.05, 0.1) is 32.2 Å². The lowest BCUT2D eigenvalue weighted by Gasteiger charge is -2.15. The molecule has 0 amide bonds. The molecule has 9 aromatic rings. The van der Waals surface area contributed by atoms with Crippen LogP contribution >= 0.6 is 22.7 Å². The maximum absolute atomic E-state index is 11.3. The monoisotopic (exact) mass is 680 g/mol. The van der Waals surface area contributed by atoms with Crippen molar-refractivity contribution in [3.63, 3.8) is 0 Å². The molecule has 2 N–H and O–H groups in total. The smallest absolute Gasteiger partial charge is 0.136 e. The molecular weight excluding hydrogens is 653 g/mol. The van der Waals surface area contributed by atoms with E-state index in [2.05, 4.69) is 48.5 Å². The van der Waals surface area contributed by atoms with Crippen molar-refractivity contribution < 1.29 is 10.2 Å². The number of rotatable bonds is 6. The molecule has 0 saturated carbocycles. The van der Waals surface area contributed by atoms with E-state index in [1.807, 2.05) is 109 Å². The number of benzene rings is 5. The molecule has 0 bridgehead atoms. The minimum absolute atomic E-state index is 0.190. The molecule has 4 aromatic heterocycles. The van der Waals surface area contributed by atoms with Gasteiger partial charge in [-0.05, 0) is 57.6 Å². The zero-order valence-electron chi connectivity index (χ0n) is 26.6. The summed E-state index contributed by atoms with van der Waals surface area (Å²) < 4.78 is 0. The number of pyridine rings is 2. The maximum atomic E-state index is 11.3. The second-order valence-electron chi connectivity index (χ2n) is 12.1. The molecule has 4 nitrogen and oxygen atoms in total. The van der Waals surface area contributed by atoms with E-state index in [9.17, 15) is 10.2 Å². The van der Waals surface area contributed by atoms with Gasteiger partial charge in [-0.3, -0.25) is 0 Å². The Balaban J connectivity index is 1.34. The van der Waals surface area contributed by atoms with Crippen molar-refractivity contribution in [2.45, 2.75) is 0 Å². The molecule has 50 heavy (non-hydrogen) atoms. The lowest BCUT2D eigenvalue weighted by atomic mass is 9.95. The molecule has 0 unspecified atom stereocenters. The van der Waals surface area contributed by atoms with Crippen molar-refractivity contribution >= 4 is 44.5 Å². The minimum atomic E-state index is 0.190. The zero-order chi connectivity index (χ0) is 33.6. The van der Waals surface area contributed by atoms with Crippen molar-refractivity contribution in [3.8, 4) is 75.8 Å². The molecule has 0 radical (unpaired) electrons. The van der Waals surface area contributed by atoms with E-state index in [0.29, 0.717) is 21.1 Å². The van der Waals surface area contributed by atoms with Gasteiger partial charge >= 0.3 is 0 Å². The van der Waals surface area contributed by atoms with Gasteiger partial charge in [0.25, 0.3) is 0 Å². The number of hydrogen-bond acceptors (Lipinski definition) is 6. The van der Waals surface area contributed by atoms with Crippen molar-refractivity contribution in [2.75, 3.05) is 0 Å². The first-order chi connectivity index (χ1) is 24.6. The fourth-order valence-electron chi connectivity index (χ4n) is 6.54. The fraction of sp³-hybridized carbons (Fsp3) is 0. The highest BCUT2D eigenvalue weighted by atomic mass is 32.1. The third kappa shape index (κ3) is 5.31. The van der Waals surface area contributed by atoms with Gasteiger partial charge in [0.1, 0.15) is 11.5 Å². The number of fused-ring (bicyclic) bond motifs is 3. The molecule has 0 spiro atoms. The quantitative estimate of drug-likeness (QED) is 0.172. The van der Waals surface area contributed by atoms with Gasteiger partial charge < -0.3 is 10.2 Å². The Hall–Kier alpha value is -6.08. The van der Waals surface area contributed by atoms with Gasteiger partial charge in [0.15, 0.2) is 0 Å². The van der Waals surface area contributed by atoms with Crippen molar-refractivity contribution in [1.82, 2.24) is 9.97 Å². The number of hydrogen-bond donors (Lipinski definition) is 2. The van der Waals surface area contributed by atoms with Crippen LogP contribution in [0.5, 0.6) is 11.5 Å². The molecule has 0 atom stereocenters. The molecule has 6 heteroatoms. The van der Waals surface area contributed by atoms with Crippen LogP contribution in [-0.2, 0) is 0 Å². The topological polar surface area (TPSA) is 66.2 Å². The SMILES string of the molecule is Oc1cc(-c2ccccc2)sc1-c1cc(-c2ccccc2)c2ccc3c(-c4ccccc4)cc(-c4sc(-c5ccccc5)cc4O)nc3c2n1. The first-order valence-corrected chi connectivity index (χ1v) is 17.9. The van der Waals surface area contributed by atoms with Gasteiger partial charge in [0.2, 0.25) is 0 Å². The van der Waals surface area contributed by atoms with Crippen molar-refractivity contribution in [2.24, 2.45) is 0 Å². The van der Waals surface area contributed by atoms with Crippen molar-refractivity contribution in [1.29, 1.82) is 0 Å². The fourth-order valence-corrected chi connectivity index (χ4v) is 8.57. The molecule has 9 rings (SSSR count). The van der Waals surface area contributed by atoms with Crippen LogP contribution in [0.25, 0.3) is 86.1 Å². The Kier molecular flexibility index (Phi) is 7.46. The van der Waals surface area contributed by atoms with E-state index < -0.39 is 0 Å². The lowest BCUT2D eigenvalue weighted by Crippen LogP contribution is -1.95. The van der Waals surface area contributed by atoms with Crippen LogP contribution in [0, 0.1) is 0 Å². The van der Waals surface area contributed by atoms with E-state index in [1.54, 1.807) is 0 Å². The average Bonchev–Trinajstić information content (AvgIpc) is 3.77. The Morgan fingerprint density at radius 2 is 0.720 bits per heavy atom. The molecule has 0 fully saturated rings. The van der Waals surface area contributed by atoms with E-state index in [-0.39, 0.29) is 11.5 Å². The van der Waals surface area contributed by atoms with Gasteiger partial charge in [-0.1, -0.05) is 133 Å². The highest BCUT2D eigenvalue weighted by Gasteiger charge is 2.21. The Bertz CT molecular complexity index is 2470. The summed E-state index contributed by atoms with van der Waals surface area (Å²) in [6, 6.07) is 52.8. The first-order valence-electron chi connectivity index (χ1n) is 16.3. The van der Waals surface area contributed by atoms with Crippen LogP contribution in [0.1, 0.15) is 0 Å². The van der Waals surface area contributed by atoms with Crippen LogP contribution in [0.4, 0.5) is 0 Å². The molecule has 0 aliphatic heterocycles. The largest absolute Gasteiger partial charge is 0.506 e. The summed E-state index contributed by atoms with van der Waals surface area (Å²) in [4.78, 5) is 13.9. The zero-order valence-corrected chi connectivity index (χ0v) is 28.2. The van der Waals surface area contributed by atoms with Gasteiger partial charge in [-0.25, -0.2) is 9.97 Å². The molecule has 4 heterocycles. The van der Waals surface area contributed by atoms with Gasteiger partial charge in [0, 0.05) is 20.5 Å². The summed E-state index contributed by atoms with van der Waals surface area (Å²) in [6.07, 6.45) is 0. The van der Waals surface area contributed by atoms with Crippen LogP contribution < -0.4 is 0 Å². The lowest BCUT2D eigenvalue weighted by molar-refractivity contribution is 0.479. The number of aromatic nitrogens is 2. The number of nitrogens with zero attached hydrogens (tertiary/aromatic N) is 2. The summed E-state index contributed by atoms with van der Waals surface area (Å²) in [6.45, 7) is 0. The summed E-state index contributed by atoms with van der Waals surface area (Å²) in [5, 5.41) is 24.6. The third-order valence-corrected chi connectivity index (χ3v) is 11.3. The Morgan fingerprint density at radius 1 is 0.380 bits per heavy atom. The molecule has 0 saturated heterocycles. The molecule has 0 aliphatic carbocycles. The predicted molar refractivity (Wildman–Crippen MR) is 209 cm³/mol. The second kappa shape index (κ2) is 12.4. The molecule has 0 aliphatic rings. The molecule has 5 aromatic carbocycles. The van der Waals surface area contributed by atoms with Gasteiger partial charge in [-0.15, -0.1) is 22.7 Å². The van der Waals surface area contributed by atoms with E-state index >= 15 is 0 Å². The highest BCUT2D eigenvalue weighted by Crippen LogP contribution is 2.47. The summed E-state index contributed by atoms with van der Waals surface area (Å²) in [5.74, 6) is 0.381. The maximum Gasteiger partial charge on any atom is 0.136 e. The highest BCUT2D eigenvalue weighted by molar-refractivity contribution is 7.19. The van der Waals surface area contributed by atoms with Crippen LogP contribution in [0.3, 0.4) is 0 Å². The summed E-state index contributed by atoms with van der Waals surface area (Å²) >= 11 is 3.04. The standard InChI is InChI=1S/C44H28N2O2S2/c47-37-25-39(29-17-9-3-10-18-29)49-43(37)35-23-33(27-13-5-1-6-14-27)31-21-22-32-34(28-15-7-2-8-16-28)24-36(46-42(32)41(31)45-35)44-38(48)26-40(50-44)30-19-11-4-12-20-30/h1-26,47-48H. The third-order valence-electron chi connectivity index (χ3n) is 8.93. The Morgan fingerprint density at radius 3 is 1.08 bits per heavy atom. The molecule has 238 valence electrons. The van der Waals surface area contributed by atoms with Gasteiger partial charge in [-0.2, -0.15) is 0 Å². The first kappa shape index (κ1) is 30.0. The van der Waals surface area contributed by atoms with Crippen LogP contribution in [0.2, 0.25) is 0 Å². The van der Waals surface area contributed by atoms with Crippen molar-refractivity contribution in [3.05, 3.63) is 158 Å². The van der Waals surface area contributed by atoms with E-state index in [1.165, 1.54) is 22.7 Å². The normalized spacial score (nSPS) is 11.4. The Labute approximate surface area is 296 Å². The number of thiophene rings is 2. The van der Waals surface area contributed by atoms with E-state index in [4.69, 9.17) is 9.97 Å². The molecular formula is C44H28N2O2S2. The minimum Gasteiger partial charge on any atom is -0.506 e. The van der Waals surface area contributed by atoms with Crippen LogP contribution in [-0.4, -0.2) is 20.2 Å². The van der Waals surface area contributed by atoms with Crippen LogP contribution in [0.15, 0.2) is 158 Å².